The van der Waals surface area contributed by atoms with Gasteiger partial charge in [0.2, 0.25) is 12.3 Å². The lowest BCUT2D eigenvalue weighted by Crippen LogP contribution is -2.72. The van der Waals surface area contributed by atoms with Crippen LogP contribution >= 0.6 is 0 Å². The Labute approximate surface area is 138 Å². The number of hydrogen-bond acceptors (Lipinski definition) is 2. The van der Waals surface area contributed by atoms with Crippen molar-refractivity contribution < 1.29 is 57.8 Å². The predicted molar refractivity (Wildman–Crippen MR) is 62.3 cm³/mol. The van der Waals surface area contributed by atoms with Crippen molar-refractivity contribution in [2.75, 3.05) is 0 Å². The van der Waals surface area contributed by atoms with Gasteiger partial charge in [-0.2, -0.15) is 17.6 Å². The second-order valence-corrected chi connectivity index (χ2v) is 5.01. The Bertz CT molecular complexity index is 628. The molecule has 1 aliphatic carbocycles. The third kappa shape index (κ3) is 2.99. The van der Waals surface area contributed by atoms with Crippen LogP contribution in [0.2, 0.25) is 0 Å². The van der Waals surface area contributed by atoms with E-state index in [1.807, 2.05) is 0 Å². The fourth-order valence-electron chi connectivity index (χ4n) is 1.94. The minimum atomic E-state index is -6.00. The Kier molecular flexibility index (Phi) is 5.61. The van der Waals surface area contributed by atoms with Crippen LogP contribution in [0, 0.1) is 11.8 Å². The van der Waals surface area contributed by atoms with Crippen molar-refractivity contribution in [3.63, 3.8) is 0 Å². The van der Waals surface area contributed by atoms with E-state index < -0.39 is 54.3 Å². The minimum absolute atomic E-state index is 0.0448. The van der Waals surface area contributed by atoms with E-state index in [4.69, 9.17) is 0 Å². The second-order valence-electron chi connectivity index (χ2n) is 5.01. The van der Waals surface area contributed by atoms with Crippen LogP contribution in [0.25, 0.3) is 0 Å². The van der Waals surface area contributed by atoms with Crippen LogP contribution < -0.4 is 0 Å². The van der Waals surface area contributed by atoms with Crippen molar-refractivity contribution in [1.29, 1.82) is 0 Å². The molecular weight excluding hydrogens is 397 g/mol. The number of alkyl halides is 11. The molecule has 0 spiro atoms. The van der Waals surface area contributed by atoms with Crippen molar-refractivity contribution in [2.24, 2.45) is 0 Å². The highest BCUT2D eigenvalue weighted by molar-refractivity contribution is 5.82. The summed E-state index contributed by atoms with van der Waals surface area (Å²) in [7, 11) is 0. The van der Waals surface area contributed by atoms with Crippen LogP contribution in [-0.4, -0.2) is 54.3 Å². The number of ether oxygens (including phenoxy) is 1. The van der Waals surface area contributed by atoms with Crippen molar-refractivity contribution in [3.05, 3.63) is 12.7 Å². The maximum atomic E-state index is 14.3. The number of esters is 1. The van der Waals surface area contributed by atoms with E-state index in [0.717, 1.165) is 0 Å². The molecule has 0 saturated carbocycles. The molecule has 0 radical (unpaired) electrons. The van der Waals surface area contributed by atoms with Gasteiger partial charge in [0, 0.05) is 6.08 Å². The van der Waals surface area contributed by atoms with Crippen molar-refractivity contribution in [2.45, 2.75) is 48.3 Å². The Hall–Kier alpha value is -2.00. The largest absolute Gasteiger partial charge is 0.433 e. The van der Waals surface area contributed by atoms with E-state index in [0.29, 0.717) is 11.8 Å². The number of rotatable bonds is 6. The van der Waals surface area contributed by atoms with Gasteiger partial charge in [-0.3, -0.25) is 0 Å². The first-order valence-electron chi connectivity index (χ1n) is 6.30. The average molecular weight is 404 g/mol. The third-order valence-electron chi connectivity index (χ3n) is 3.39. The normalized spacial score (nSPS) is 28.3. The van der Waals surface area contributed by atoms with Crippen molar-refractivity contribution in [3.8, 4) is 11.8 Å². The Morgan fingerprint density at radius 1 is 1.08 bits per heavy atom. The summed E-state index contributed by atoms with van der Waals surface area (Å²) in [5.74, 6) is -12.6. The van der Waals surface area contributed by atoms with E-state index in [-0.39, 0.29) is 6.08 Å². The van der Waals surface area contributed by atoms with Crippen LogP contribution in [0.3, 0.4) is 0 Å². The molecule has 0 heterocycles. The molecule has 3 atom stereocenters. The smallest absolute Gasteiger partial charge is 0.345 e. The molecule has 13 heteroatoms. The van der Waals surface area contributed by atoms with E-state index in [9.17, 15) is 53.1 Å². The molecule has 0 aliphatic heterocycles. The first-order valence-corrected chi connectivity index (χ1v) is 6.30. The van der Waals surface area contributed by atoms with E-state index >= 15 is 0 Å². The van der Waals surface area contributed by atoms with Gasteiger partial charge in [-0.1, -0.05) is 6.58 Å². The Morgan fingerprint density at radius 2 is 1.54 bits per heavy atom. The summed E-state index contributed by atoms with van der Waals surface area (Å²) in [5, 5.41) is 0. The molecule has 1 rings (SSSR count). The lowest BCUT2D eigenvalue weighted by atomic mass is 9.76. The molecule has 0 fully saturated rings. The molecule has 2 nitrogen and oxygen atoms in total. The van der Waals surface area contributed by atoms with Gasteiger partial charge in [-0.25, -0.2) is 35.5 Å². The van der Waals surface area contributed by atoms with E-state index in [2.05, 4.69) is 11.3 Å². The highest BCUT2D eigenvalue weighted by Gasteiger charge is 2.79. The molecule has 0 aromatic heterocycles. The van der Waals surface area contributed by atoms with Crippen LogP contribution in [-0.2, 0) is 9.53 Å². The van der Waals surface area contributed by atoms with Gasteiger partial charge in [-0.15, -0.1) is 0 Å². The van der Waals surface area contributed by atoms with Gasteiger partial charge in [0.1, 0.15) is 0 Å². The lowest BCUT2D eigenvalue weighted by Gasteiger charge is -2.44. The Morgan fingerprint density at radius 3 is 1.92 bits per heavy atom. The maximum Gasteiger partial charge on any atom is 0.345 e. The number of carbonyl (C=O) groups excluding carboxylic acids is 1. The highest BCUT2D eigenvalue weighted by atomic mass is 19.3. The van der Waals surface area contributed by atoms with E-state index in [1.165, 1.54) is 0 Å². The van der Waals surface area contributed by atoms with Gasteiger partial charge in [0.05, 0.1) is 0 Å². The van der Waals surface area contributed by atoms with Crippen LogP contribution in [0.1, 0.15) is 0 Å². The molecule has 0 aromatic carbocycles. The summed E-state index contributed by atoms with van der Waals surface area (Å²) in [6.45, 7) is 2.62. The predicted octanol–water partition coefficient (Wildman–Crippen LogP) is 3.66. The third-order valence-corrected chi connectivity index (χ3v) is 3.39. The zero-order chi connectivity index (χ0) is 20.7. The quantitative estimate of drug-likeness (QED) is 0.293. The topological polar surface area (TPSA) is 26.3 Å². The standard InChI is InChI=1S/C13H7F11O2/c1-2-5(25)26-10(6(14)12(22,8(16)17)9(18)19)3-4-11(20,21)7(15)13(10,23)24/h2,6-9H,1H2. The first-order chi connectivity index (χ1) is 11.6. The van der Waals surface area contributed by atoms with Crippen LogP contribution in [0.15, 0.2) is 12.7 Å². The number of halogens is 11. The summed E-state index contributed by atoms with van der Waals surface area (Å²) < 4.78 is 150. The zero-order valence-electron chi connectivity index (χ0n) is 12.1. The van der Waals surface area contributed by atoms with E-state index in [1.54, 1.807) is 0 Å². The Balaban J connectivity index is 3.78. The number of hydrogen-bond donors (Lipinski definition) is 0. The molecule has 148 valence electrons. The molecule has 1 aliphatic rings. The molecule has 0 aromatic rings. The summed E-state index contributed by atoms with van der Waals surface area (Å²) in [4.78, 5) is 11.1. The first kappa shape index (κ1) is 22.0. The van der Waals surface area contributed by atoms with Crippen LogP contribution in [0.5, 0.6) is 0 Å². The van der Waals surface area contributed by atoms with Gasteiger partial charge in [-0.05, 0) is 11.8 Å². The molecule has 0 saturated heterocycles. The zero-order valence-corrected chi connectivity index (χ0v) is 12.1. The van der Waals surface area contributed by atoms with Crippen molar-refractivity contribution >= 4 is 5.97 Å². The van der Waals surface area contributed by atoms with Gasteiger partial charge in [0.25, 0.3) is 24.1 Å². The highest BCUT2D eigenvalue weighted by Crippen LogP contribution is 2.52. The van der Waals surface area contributed by atoms with Crippen molar-refractivity contribution in [1.82, 2.24) is 0 Å². The summed E-state index contributed by atoms with van der Waals surface area (Å²) in [6, 6.07) is 0. The molecule has 26 heavy (non-hydrogen) atoms. The average Bonchev–Trinajstić information content (AvgIpc) is 2.54. The fraction of sp³-hybridized carbons (Fsp3) is 0.615. The monoisotopic (exact) mass is 404 g/mol. The SMILES string of the molecule is C=CC(=O)OC1(C(F)C(F)(C(F)F)C(F)F)C#CC(F)(F)C(F)C1(F)F. The molecular formula is C13H7F11O2. The second kappa shape index (κ2) is 6.62. The molecule has 3 unspecified atom stereocenters. The summed E-state index contributed by atoms with van der Waals surface area (Å²) in [6.07, 6.45) is -19.8. The minimum Gasteiger partial charge on any atom is -0.433 e. The van der Waals surface area contributed by atoms with Gasteiger partial charge in [0.15, 0.2) is 0 Å². The van der Waals surface area contributed by atoms with Gasteiger partial charge < -0.3 is 4.74 Å². The lowest BCUT2D eigenvalue weighted by molar-refractivity contribution is -0.287. The van der Waals surface area contributed by atoms with Crippen LogP contribution in [0.4, 0.5) is 48.3 Å². The summed E-state index contributed by atoms with van der Waals surface area (Å²) >= 11 is 0. The van der Waals surface area contributed by atoms with Gasteiger partial charge >= 0.3 is 17.8 Å². The summed E-state index contributed by atoms with van der Waals surface area (Å²) in [5.41, 5.74) is -10.8. The molecule has 0 bridgehead atoms. The fourth-order valence-corrected chi connectivity index (χ4v) is 1.94. The molecule has 0 amide bonds. The maximum absolute atomic E-state index is 14.3. The molecule has 0 N–H and O–H groups in total. The number of carbonyl (C=O) groups is 1.